The van der Waals surface area contributed by atoms with Gasteiger partial charge in [-0.05, 0) is 18.2 Å². The van der Waals surface area contributed by atoms with Crippen LogP contribution in [0.25, 0.3) is 5.69 Å². The van der Waals surface area contributed by atoms with Crippen LogP contribution in [0.1, 0.15) is 23.0 Å². The van der Waals surface area contributed by atoms with Crippen molar-refractivity contribution in [1.82, 2.24) is 19.6 Å². The van der Waals surface area contributed by atoms with Crippen molar-refractivity contribution in [3.8, 4) is 5.69 Å². The Morgan fingerprint density at radius 1 is 1.03 bits per heavy atom. The van der Waals surface area contributed by atoms with Gasteiger partial charge in [-0.3, -0.25) is 14.3 Å². The fourth-order valence-electron chi connectivity index (χ4n) is 3.04. The van der Waals surface area contributed by atoms with Crippen molar-refractivity contribution in [3.05, 3.63) is 90.1 Å². The third-order valence-electron chi connectivity index (χ3n) is 4.43. The molecule has 0 saturated heterocycles. The molecule has 2 aromatic carbocycles. The first-order chi connectivity index (χ1) is 15.0. The maximum absolute atomic E-state index is 13.8. The van der Waals surface area contributed by atoms with Gasteiger partial charge < -0.3 is 10.6 Å². The molecule has 2 aromatic heterocycles. The van der Waals surface area contributed by atoms with Crippen molar-refractivity contribution in [2.24, 2.45) is 0 Å². The number of halogens is 1. The van der Waals surface area contributed by atoms with E-state index in [1.807, 2.05) is 30.3 Å². The molecule has 9 heteroatoms. The summed E-state index contributed by atoms with van der Waals surface area (Å²) in [5, 5.41) is 13.9. The molecule has 4 rings (SSSR count). The molecule has 31 heavy (non-hydrogen) atoms. The molecule has 0 unspecified atom stereocenters. The molecule has 0 aliphatic heterocycles. The van der Waals surface area contributed by atoms with Gasteiger partial charge in [-0.25, -0.2) is 9.07 Å². The zero-order valence-electron chi connectivity index (χ0n) is 16.6. The molecule has 4 aromatic rings. The van der Waals surface area contributed by atoms with Crippen LogP contribution in [0.2, 0.25) is 0 Å². The first-order valence-corrected chi connectivity index (χ1v) is 9.50. The lowest BCUT2D eigenvalue weighted by Gasteiger charge is -2.06. The van der Waals surface area contributed by atoms with Crippen molar-refractivity contribution < 1.29 is 14.0 Å². The second-order valence-corrected chi connectivity index (χ2v) is 6.82. The summed E-state index contributed by atoms with van der Waals surface area (Å²) in [4.78, 5) is 24.3. The maximum atomic E-state index is 13.8. The summed E-state index contributed by atoms with van der Waals surface area (Å²) >= 11 is 0. The van der Waals surface area contributed by atoms with Gasteiger partial charge in [0.2, 0.25) is 5.91 Å². The topological polar surface area (TPSA) is 93.8 Å². The van der Waals surface area contributed by atoms with Crippen molar-refractivity contribution in [2.45, 2.75) is 13.5 Å². The zero-order chi connectivity index (χ0) is 21.8. The molecule has 2 amide bonds. The molecule has 0 fully saturated rings. The number of rotatable bonds is 6. The summed E-state index contributed by atoms with van der Waals surface area (Å²) in [6.45, 7) is 1.61. The highest BCUT2D eigenvalue weighted by Crippen LogP contribution is 2.19. The van der Waals surface area contributed by atoms with E-state index in [0.29, 0.717) is 22.8 Å². The Balaban J connectivity index is 1.52. The van der Waals surface area contributed by atoms with E-state index in [1.165, 1.54) is 34.6 Å². The molecule has 0 bridgehead atoms. The van der Waals surface area contributed by atoms with E-state index in [1.54, 1.807) is 24.4 Å². The summed E-state index contributed by atoms with van der Waals surface area (Å²) in [5.74, 6) is -0.690. The molecular formula is C22H19FN6O2. The van der Waals surface area contributed by atoms with Crippen LogP contribution in [0.15, 0.2) is 73.1 Å². The van der Waals surface area contributed by atoms with Gasteiger partial charge in [0.1, 0.15) is 11.6 Å². The van der Waals surface area contributed by atoms with Gasteiger partial charge in [0.25, 0.3) is 5.91 Å². The quantitative estimate of drug-likeness (QED) is 0.501. The average molecular weight is 418 g/mol. The lowest BCUT2D eigenvalue weighted by Crippen LogP contribution is -2.13. The smallest absolute Gasteiger partial charge is 0.276 e. The van der Waals surface area contributed by atoms with Crippen LogP contribution >= 0.6 is 0 Å². The summed E-state index contributed by atoms with van der Waals surface area (Å²) in [5.41, 5.74) is 1.75. The second-order valence-electron chi connectivity index (χ2n) is 6.82. The van der Waals surface area contributed by atoms with E-state index in [0.717, 1.165) is 0 Å². The highest BCUT2D eigenvalue weighted by atomic mass is 19.1. The highest BCUT2D eigenvalue weighted by Gasteiger charge is 2.17. The minimum Gasteiger partial charge on any atom is -0.318 e. The fourth-order valence-corrected chi connectivity index (χ4v) is 3.04. The van der Waals surface area contributed by atoms with E-state index in [-0.39, 0.29) is 24.0 Å². The van der Waals surface area contributed by atoms with Crippen molar-refractivity contribution in [2.75, 3.05) is 10.6 Å². The van der Waals surface area contributed by atoms with E-state index in [4.69, 9.17) is 0 Å². The Hall–Kier alpha value is -4.27. The number of aromatic nitrogens is 4. The Morgan fingerprint density at radius 3 is 2.52 bits per heavy atom. The van der Waals surface area contributed by atoms with Crippen LogP contribution < -0.4 is 10.6 Å². The van der Waals surface area contributed by atoms with Gasteiger partial charge in [-0.1, -0.05) is 36.4 Å². The number of benzene rings is 2. The first-order valence-electron chi connectivity index (χ1n) is 9.50. The third-order valence-corrected chi connectivity index (χ3v) is 4.43. The Labute approximate surface area is 177 Å². The molecule has 0 radical (unpaired) electrons. The standard InChI is InChI=1S/C22H19FN6O2/c1-15(30)25-21-11-20(27-29(21)18-8-3-2-4-9-18)22(31)26-17-12-24-28(14-17)13-16-7-5-6-10-19(16)23/h2-12,14H,13H2,1H3,(H,25,30)(H,26,31). The molecule has 156 valence electrons. The predicted molar refractivity (Wildman–Crippen MR) is 114 cm³/mol. The molecule has 2 N–H and O–H groups in total. The average Bonchev–Trinajstić information content (AvgIpc) is 3.37. The number of nitrogens with one attached hydrogen (secondary N) is 2. The monoisotopic (exact) mass is 418 g/mol. The lowest BCUT2D eigenvalue weighted by atomic mass is 10.2. The van der Waals surface area contributed by atoms with Gasteiger partial charge in [0, 0.05) is 24.8 Å². The third kappa shape index (κ3) is 4.67. The number of nitrogens with zero attached hydrogens (tertiary/aromatic N) is 4. The molecule has 0 aliphatic rings. The van der Waals surface area contributed by atoms with Crippen LogP contribution in [0.3, 0.4) is 0 Å². The number of para-hydroxylation sites is 1. The van der Waals surface area contributed by atoms with E-state index in [2.05, 4.69) is 20.8 Å². The number of hydrogen-bond donors (Lipinski definition) is 2. The van der Waals surface area contributed by atoms with Crippen LogP contribution in [0.5, 0.6) is 0 Å². The Kier molecular flexibility index (Phi) is 5.57. The summed E-state index contributed by atoms with van der Waals surface area (Å²) in [6, 6.07) is 17.1. The minimum atomic E-state index is -0.466. The summed E-state index contributed by atoms with van der Waals surface area (Å²) < 4.78 is 16.8. The number of amides is 2. The van der Waals surface area contributed by atoms with Crippen molar-refractivity contribution >= 4 is 23.3 Å². The Morgan fingerprint density at radius 2 is 1.77 bits per heavy atom. The normalized spacial score (nSPS) is 10.6. The molecule has 8 nitrogen and oxygen atoms in total. The molecule has 0 aliphatic carbocycles. The van der Waals surface area contributed by atoms with Crippen molar-refractivity contribution in [3.63, 3.8) is 0 Å². The van der Waals surface area contributed by atoms with Crippen LogP contribution in [-0.4, -0.2) is 31.4 Å². The maximum Gasteiger partial charge on any atom is 0.276 e. The number of carbonyl (C=O) groups excluding carboxylic acids is 2. The second kappa shape index (κ2) is 8.62. The highest BCUT2D eigenvalue weighted by molar-refractivity contribution is 6.03. The number of anilines is 2. The molecule has 2 heterocycles. The zero-order valence-corrected chi connectivity index (χ0v) is 16.6. The van der Waals surface area contributed by atoms with E-state index >= 15 is 0 Å². The molecule has 0 spiro atoms. The lowest BCUT2D eigenvalue weighted by molar-refractivity contribution is -0.114. The predicted octanol–water partition coefficient (Wildman–Crippen LogP) is 3.47. The van der Waals surface area contributed by atoms with E-state index < -0.39 is 5.91 Å². The van der Waals surface area contributed by atoms with Gasteiger partial charge in [0.15, 0.2) is 5.69 Å². The van der Waals surface area contributed by atoms with Gasteiger partial charge in [0.05, 0.1) is 24.1 Å². The largest absolute Gasteiger partial charge is 0.318 e. The van der Waals surface area contributed by atoms with E-state index in [9.17, 15) is 14.0 Å². The van der Waals surface area contributed by atoms with Gasteiger partial charge >= 0.3 is 0 Å². The fraction of sp³-hybridized carbons (Fsp3) is 0.0909. The van der Waals surface area contributed by atoms with Crippen LogP contribution in [-0.2, 0) is 11.3 Å². The number of hydrogen-bond acceptors (Lipinski definition) is 4. The minimum absolute atomic E-state index is 0.120. The Bertz CT molecular complexity index is 1230. The van der Waals surface area contributed by atoms with Crippen LogP contribution in [0, 0.1) is 5.82 Å². The molecule has 0 atom stereocenters. The SMILES string of the molecule is CC(=O)Nc1cc(C(=O)Nc2cnn(Cc3ccccc3F)c2)nn1-c1ccccc1. The van der Waals surface area contributed by atoms with Gasteiger partial charge in [-0.2, -0.15) is 10.2 Å². The number of carbonyl (C=O) groups is 2. The van der Waals surface area contributed by atoms with Gasteiger partial charge in [-0.15, -0.1) is 0 Å². The van der Waals surface area contributed by atoms with Crippen molar-refractivity contribution in [1.29, 1.82) is 0 Å². The molecular weight excluding hydrogens is 399 g/mol. The summed E-state index contributed by atoms with van der Waals surface area (Å²) in [7, 11) is 0. The first kappa shape index (κ1) is 20.0. The molecule has 0 saturated carbocycles. The van der Waals surface area contributed by atoms with Crippen LogP contribution in [0.4, 0.5) is 15.9 Å². The summed E-state index contributed by atoms with van der Waals surface area (Å²) in [6.07, 6.45) is 3.08.